The van der Waals surface area contributed by atoms with Gasteiger partial charge < -0.3 is 5.11 Å². The molecule has 1 N–H and O–H groups in total. The van der Waals surface area contributed by atoms with E-state index in [4.69, 9.17) is 5.11 Å². The molecule has 0 unspecified atom stereocenters. The fraction of sp³-hybridized carbons (Fsp3) is 0.500. The van der Waals surface area contributed by atoms with Crippen LogP contribution in [0.2, 0.25) is 0 Å². The Bertz CT molecular complexity index is 375. The summed E-state index contributed by atoms with van der Waals surface area (Å²) in [6.07, 6.45) is 0.187. The molecule has 0 aliphatic rings. The van der Waals surface area contributed by atoms with Gasteiger partial charge in [-0.05, 0) is 23.8 Å². The zero-order chi connectivity index (χ0) is 12.3. The minimum absolute atomic E-state index is 0.0355. The van der Waals surface area contributed by atoms with Crippen molar-refractivity contribution in [1.29, 1.82) is 0 Å². The van der Waals surface area contributed by atoms with E-state index in [2.05, 4.69) is 26.8 Å². The molecule has 0 aromatic heterocycles. The highest BCUT2D eigenvalue weighted by Gasteiger charge is 2.28. The van der Waals surface area contributed by atoms with Crippen molar-refractivity contribution in [2.45, 2.75) is 40.0 Å². The predicted molar refractivity (Wildman–Crippen MR) is 65.6 cm³/mol. The van der Waals surface area contributed by atoms with E-state index in [1.54, 1.807) is 0 Å². The zero-order valence-corrected chi connectivity index (χ0v) is 10.4. The van der Waals surface area contributed by atoms with Crippen LogP contribution >= 0.6 is 0 Å². The Morgan fingerprint density at radius 3 is 2.44 bits per heavy atom. The quantitative estimate of drug-likeness (QED) is 0.845. The predicted octanol–water partition coefficient (Wildman–Crippen LogP) is 3.60. The van der Waals surface area contributed by atoms with Gasteiger partial charge in [0.25, 0.3) is 0 Å². The Morgan fingerprint density at radius 1 is 1.38 bits per heavy atom. The number of carboxylic acids is 1. The smallest absolute Gasteiger partial charge is 0.303 e. The third kappa shape index (κ3) is 3.37. The second-order valence-electron chi connectivity index (χ2n) is 5.43. The van der Waals surface area contributed by atoms with Gasteiger partial charge in [-0.1, -0.05) is 50.6 Å². The fourth-order valence-corrected chi connectivity index (χ4v) is 1.99. The van der Waals surface area contributed by atoms with Gasteiger partial charge in [-0.2, -0.15) is 0 Å². The number of hydrogen-bond acceptors (Lipinski definition) is 1. The van der Waals surface area contributed by atoms with Crippen molar-refractivity contribution in [2.75, 3.05) is 0 Å². The van der Waals surface area contributed by atoms with Gasteiger partial charge in [0, 0.05) is 0 Å². The van der Waals surface area contributed by atoms with Crippen LogP contribution in [-0.2, 0) is 4.79 Å². The summed E-state index contributed by atoms with van der Waals surface area (Å²) in [5, 5.41) is 8.98. The average molecular weight is 220 g/mol. The first-order valence-corrected chi connectivity index (χ1v) is 5.59. The lowest BCUT2D eigenvalue weighted by molar-refractivity contribution is -0.138. The normalized spacial score (nSPS) is 13.5. The lowest BCUT2D eigenvalue weighted by atomic mass is 9.74. The van der Waals surface area contributed by atoms with Gasteiger partial charge in [0.15, 0.2) is 0 Å². The molecule has 16 heavy (non-hydrogen) atoms. The molecule has 0 aliphatic heterocycles. The van der Waals surface area contributed by atoms with E-state index in [0.717, 1.165) is 5.56 Å². The summed E-state index contributed by atoms with van der Waals surface area (Å²) in [6.45, 7) is 8.29. The highest BCUT2D eigenvalue weighted by Crippen LogP contribution is 2.37. The summed E-state index contributed by atoms with van der Waals surface area (Å²) in [7, 11) is 0. The van der Waals surface area contributed by atoms with Crippen molar-refractivity contribution in [2.24, 2.45) is 5.41 Å². The maximum Gasteiger partial charge on any atom is 0.303 e. The SMILES string of the molecule is Cc1cccc([C@@H](CC(=O)O)C(C)(C)C)c1. The van der Waals surface area contributed by atoms with E-state index in [9.17, 15) is 4.79 Å². The number of carbonyl (C=O) groups is 1. The number of aryl methyl sites for hydroxylation is 1. The standard InChI is InChI=1S/C14H20O2/c1-10-6-5-7-11(8-10)12(9-13(15)16)14(2,3)4/h5-8,12H,9H2,1-4H3,(H,15,16)/t12-/m1/s1. The molecular weight excluding hydrogens is 200 g/mol. The second-order valence-corrected chi connectivity index (χ2v) is 5.43. The number of benzene rings is 1. The number of carboxylic acid groups (broad SMARTS) is 1. The first-order chi connectivity index (χ1) is 7.30. The van der Waals surface area contributed by atoms with Gasteiger partial charge in [-0.25, -0.2) is 0 Å². The fourth-order valence-electron chi connectivity index (χ4n) is 1.99. The number of hydrogen-bond donors (Lipinski definition) is 1. The molecular formula is C14H20O2. The van der Waals surface area contributed by atoms with E-state index in [-0.39, 0.29) is 17.8 Å². The van der Waals surface area contributed by atoms with Gasteiger partial charge in [0.1, 0.15) is 0 Å². The van der Waals surface area contributed by atoms with Gasteiger partial charge in [0.05, 0.1) is 6.42 Å². The Hall–Kier alpha value is -1.31. The van der Waals surface area contributed by atoms with Crippen molar-refractivity contribution in [3.63, 3.8) is 0 Å². The van der Waals surface area contributed by atoms with E-state index >= 15 is 0 Å². The van der Waals surface area contributed by atoms with Crippen molar-refractivity contribution < 1.29 is 9.90 Å². The molecule has 0 saturated heterocycles. The molecule has 0 radical (unpaired) electrons. The molecule has 1 aromatic carbocycles. The maximum absolute atomic E-state index is 10.9. The molecule has 88 valence electrons. The van der Waals surface area contributed by atoms with Crippen LogP contribution in [0, 0.1) is 12.3 Å². The molecule has 0 fully saturated rings. The lowest BCUT2D eigenvalue weighted by Crippen LogP contribution is -2.21. The minimum atomic E-state index is -0.735. The summed E-state index contributed by atoms with van der Waals surface area (Å²) < 4.78 is 0. The van der Waals surface area contributed by atoms with Gasteiger partial charge in [-0.15, -0.1) is 0 Å². The van der Waals surface area contributed by atoms with E-state index in [0.29, 0.717) is 0 Å². The Morgan fingerprint density at radius 2 is 2.00 bits per heavy atom. The molecule has 0 spiro atoms. The van der Waals surface area contributed by atoms with Crippen LogP contribution in [0.15, 0.2) is 24.3 Å². The first-order valence-electron chi connectivity index (χ1n) is 5.59. The summed E-state index contributed by atoms with van der Waals surface area (Å²) in [4.78, 5) is 10.9. The highest BCUT2D eigenvalue weighted by molar-refractivity contribution is 5.68. The minimum Gasteiger partial charge on any atom is -0.481 e. The number of aliphatic carboxylic acids is 1. The number of rotatable bonds is 3. The molecule has 0 bridgehead atoms. The maximum atomic E-state index is 10.9. The molecule has 0 aliphatic carbocycles. The van der Waals surface area contributed by atoms with Crippen LogP contribution in [0.3, 0.4) is 0 Å². The van der Waals surface area contributed by atoms with Gasteiger partial charge in [0.2, 0.25) is 0 Å². The van der Waals surface area contributed by atoms with Gasteiger partial charge >= 0.3 is 5.97 Å². The molecule has 1 aromatic rings. The second kappa shape index (κ2) is 4.69. The average Bonchev–Trinajstić information content (AvgIpc) is 2.12. The Kier molecular flexibility index (Phi) is 3.74. The van der Waals surface area contributed by atoms with Crippen LogP contribution in [0.1, 0.15) is 44.2 Å². The Labute approximate surface area is 97.3 Å². The topological polar surface area (TPSA) is 37.3 Å². The van der Waals surface area contributed by atoms with Crippen LogP contribution in [-0.4, -0.2) is 11.1 Å². The van der Waals surface area contributed by atoms with Crippen LogP contribution < -0.4 is 0 Å². The summed E-state index contributed by atoms with van der Waals surface area (Å²) in [5.41, 5.74) is 2.26. The monoisotopic (exact) mass is 220 g/mol. The summed E-state index contributed by atoms with van der Waals surface area (Å²) in [6, 6.07) is 8.12. The molecule has 2 nitrogen and oxygen atoms in total. The third-order valence-electron chi connectivity index (χ3n) is 2.87. The highest BCUT2D eigenvalue weighted by atomic mass is 16.4. The largest absolute Gasteiger partial charge is 0.481 e. The third-order valence-corrected chi connectivity index (χ3v) is 2.87. The Balaban J connectivity index is 3.06. The van der Waals surface area contributed by atoms with Crippen LogP contribution in [0.5, 0.6) is 0 Å². The van der Waals surface area contributed by atoms with E-state index < -0.39 is 5.97 Å². The zero-order valence-electron chi connectivity index (χ0n) is 10.4. The van der Waals surface area contributed by atoms with E-state index in [1.165, 1.54) is 5.56 Å². The lowest BCUT2D eigenvalue weighted by Gasteiger charge is -2.30. The first kappa shape index (κ1) is 12.8. The summed E-state index contributed by atoms with van der Waals surface area (Å²) in [5.74, 6) is -0.675. The van der Waals surface area contributed by atoms with Crippen molar-refractivity contribution in [1.82, 2.24) is 0 Å². The molecule has 0 heterocycles. The van der Waals surface area contributed by atoms with Crippen LogP contribution in [0.25, 0.3) is 0 Å². The van der Waals surface area contributed by atoms with Gasteiger partial charge in [-0.3, -0.25) is 4.79 Å². The van der Waals surface area contributed by atoms with Crippen molar-refractivity contribution in [3.05, 3.63) is 35.4 Å². The molecule has 1 atom stereocenters. The molecule has 1 rings (SSSR count). The molecule has 0 saturated carbocycles. The van der Waals surface area contributed by atoms with Crippen molar-refractivity contribution in [3.8, 4) is 0 Å². The summed E-state index contributed by atoms with van der Waals surface area (Å²) >= 11 is 0. The molecule has 0 amide bonds. The van der Waals surface area contributed by atoms with Crippen molar-refractivity contribution >= 4 is 5.97 Å². The van der Waals surface area contributed by atoms with Crippen LogP contribution in [0.4, 0.5) is 0 Å². The molecule has 2 heteroatoms. The van der Waals surface area contributed by atoms with E-state index in [1.807, 2.05) is 25.1 Å².